The summed E-state index contributed by atoms with van der Waals surface area (Å²) in [4.78, 5) is 12.4. The third-order valence-electron chi connectivity index (χ3n) is 4.95. The highest BCUT2D eigenvalue weighted by Crippen LogP contribution is 2.38. The molecule has 9 heteroatoms. The summed E-state index contributed by atoms with van der Waals surface area (Å²) >= 11 is 0. The molecule has 3 aromatic carbocycles. The molecule has 0 aliphatic carbocycles. The number of nitrogens with one attached hydrogen (secondary N) is 1. The highest BCUT2D eigenvalue weighted by Gasteiger charge is 2.31. The zero-order chi connectivity index (χ0) is 26.1. The predicted octanol–water partition coefficient (Wildman–Crippen LogP) is 6.59. The van der Waals surface area contributed by atoms with Crippen LogP contribution < -0.4 is 24.3 Å². The number of halogens is 3. The van der Waals surface area contributed by atoms with Crippen LogP contribution in [0.1, 0.15) is 21.5 Å². The summed E-state index contributed by atoms with van der Waals surface area (Å²) in [5, 5.41) is 3.06. The summed E-state index contributed by atoms with van der Waals surface area (Å²) in [6, 6.07) is 15.8. The maximum atomic E-state index is 12.4. The van der Waals surface area contributed by atoms with E-state index in [0.29, 0.717) is 17.2 Å². The molecule has 0 atom stereocenters. The van der Waals surface area contributed by atoms with Crippen LogP contribution in [0.5, 0.6) is 23.0 Å². The van der Waals surface area contributed by atoms with Crippen LogP contribution in [0.2, 0.25) is 0 Å². The number of para-hydroxylation sites is 1. The van der Waals surface area contributed by atoms with Gasteiger partial charge in [0.05, 0.1) is 21.3 Å². The van der Waals surface area contributed by atoms with E-state index in [2.05, 4.69) is 10.1 Å². The van der Waals surface area contributed by atoms with Gasteiger partial charge >= 0.3 is 6.36 Å². The van der Waals surface area contributed by atoms with Crippen molar-refractivity contribution in [3.63, 3.8) is 0 Å². The molecule has 0 aliphatic heterocycles. The highest BCUT2D eigenvalue weighted by atomic mass is 19.4. The van der Waals surface area contributed by atoms with Crippen molar-refractivity contribution in [2.24, 2.45) is 0 Å². The Morgan fingerprint density at radius 3 is 2.08 bits per heavy atom. The molecule has 6 nitrogen and oxygen atoms in total. The molecule has 0 saturated heterocycles. The third-order valence-corrected chi connectivity index (χ3v) is 4.95. The zero-order valence-corrected chi connectivity index (χ0v) is 19.8. The van der Waals surface area contributed by atoms with E-state index in [-0.39, 0.29) is 11.3 Å². The second-order valence-corrected chi connectivity index (χ2v) is 7.29. The summed E-state index contributed by atoms with van der Waals surface area (Å²) in [5.41, 5.74) is 2.62. The molecule has 3 rings (SSSR count). The molecule has 3 aromatic rings. The molecule has 0 unspecified atom stereocenters. The predicted molar refractivity (Wildman–Crippen MR) is 132 cm³/mol. The van der Waals surface area contributed by atoms with Gasteiger partial charge in [0.15, 0.2) is 17.3 Å². The first-order valence-electron chi connectivity index (χ1n) is 10.6. The molecule has 0 fully saturated rings. The largest absolute Gasteiger partial charge is 0.573 e. The van der Waals surface area contributed by atoms with Crippen molar-refractivity contribution in [1.82, 2.24) is 0 Å². The second-order valence-electron chi connectivity index (χ2n) is 7.29. The number of hydrogen-bond acceptors (Lipinski definition) is 6. The zero-order valence-electron chi connectivity index (χ0n) is 19.8. The van der Waals surface area contributed by atoms with E-state index in [1.54, 1.807) is 14.2 Å². The summed E-state index contributed by atoms with van der Waals surface area (Å²) in [7, 11) is 4.62. The Morgan fingerprint density at radius 2 is 1.50 bits per heavy atom. The maximum Gasteiger partial charge on any atom is 0.573 e. The molecule has 0 aromatic heterocycles. The summed E-state index contributed by atoms with van der Waals surface area (Å²) in [6.07, 6.45) is 1.74. The molecule has 0 aliphatic rings. The molecule has 188 valence electrons. The van der Waals surface area contributed by atoms with E-state index in [1.165, 1.54) is 31.5 Å². The van der Waals surface area contributed by atoms with Crippen LogP contribution in [-0.4, -0.2) is 33.5 Å². The fourth-order valence-corrected chi connectivity index (χ4v) is 3.28. The minimum Gasteiger partial charge on any atom is -0.493 e. The number of ether oxygens (including phenoxy) is 4. The smallest absolute Gasteiger partial charge is 0.493 e. The van der Waals surface area contributed by atoms with Gasteiger partial charge in [-0.25, -0.2) is 0 Å². The van der Waals surface area contributed by atoms with Crippen LogP contribution in [0.3, 0.4) is 0 Å². The van der Waals surface area contributed by atoms with Gasteiger partial charge in [0.1, 0.15) is 5.75 Å². The van der Waals surface area contributed by atoms with Crippen molar-refractivity contribution >= 4 is 23.6 Å². The standard InChI is InChI=1S/C27H24F3NO5/c1-33-24-16-18(17-25(34-2)26(24)35-3)8-9-19-6-4-5-7-22(19)31-15-14-23(32)20-10-12-21(13-11-20)36-27(28,29)30/h4-17,31H,1-3H3/b9-8-,15-14-. The Morgan fingerprint density at radius 1 is 0.861 bits per heavy atom. The van der Waals surface area contributed by atoms with Gasteiger partial charge in [0.25, 0.3) is 0 Å². The fraction of sp³-hybridized carbons (Fsp3) is 0.148. The number of hydrogen-bond donors (Lipinski definition) is 1. The molecule has 36 heavy (non-hydrogen) atoms. The van der Waals surface area contributed by atoms with Crippen molar-refractivity contribution in [3.8, 4) is 23.0 Å². The number of carbonyl (C=O) groups excluding carboxylic acids is 1. The summed E-state index contributed by atoms with van der Waals surface area (Å²) in [6.45, 7) is 0. The second kappa shape index (κ2) is 11.8. The SMILES string of the molecule is COc1cc(/C=C\c2ccccc2N/C=C\C(=O)c2ccc(OC(F)(F)F)cc2)cc(OC)c1OC. The van der Waals surface area contributed by atoms with Gasteiger partial charge in [-0.3, -0.25) is 4.79 Å². The summed E-state index contributed by atoms with van der Waals surface area (Å²) in [5.74, 6) is 0.779. The van der Waals surface area contributed by atoms with Gasteiger partial charge in [0, 0.05) is 23.5 Å². The van der Waals surface area contributed by atoms with Gasteiger partial charge in [-0.05, 0) is 53.6 Å². The van der Waals surface area contributed by atoms with Gasteiger partial charge < -0.3 is 24.3 Å². The lowest BCUT2D eigenvalue weighted by atomic mass is 10.1. The Labute approximate surface area is 206 Å². The number of carbonyl (C=O) groups is 1. The van der Waals surface area contributed by atoms with Crippen molar-refractivity contribution in [2.75, 3.05) is 26.6 Å². The number of anilines is 1. The number of allylic oxidation sites excluding steroid dienone is 1. The van der Waals surface area contributed by atoms with E-state index in [4.69, 9.17) is 14.2 Å². The van der Waals surface area contributed by atoms with Crippen LogP contribution in [0.4, 0.5) is 18.9 Å². The van der Waals surface area contributed by atoms with E-state index in [1.807, 2.05) is 48.6 Å². The van der Waals surface area contributed by atoms with Crippen molar-refractivity contribution in [3.05, 3.63) is 89.6 Å². The first-order chi connectivity index (χ1) is 17.2. The molecule has 0 spiro atoms. The molecule has 0 saturated carbocycles. The van der Waals surface area contributed by atoms with Crippen LogP contribution in [-0.2, 0) is 0 Å². The minimum atomic E-state index is -4.79. The normalized spacial score (nSPS) is 11.5. The van der Waals surface area contributed by atoms with Gasteiger partial charge in [-0.2, -0.15) is 0 Å². The van der Waals surface area contributed by atoms with Crippen molar-refractivity contribution < 1.29 is 36.9 Å². The van der Waals surface area contributed by atoms with E-state index in [0.717, 1.165) is 28.9 Å². The average Bonchev–Trinajstić information content (AvgIpc) is 2.86. The topological polar surface area (TPSA) is 66.0 Å². The molecule has 0 radical (unpaired) electrons. The number of rotatable bonds is 10. The van der Waals surface area contributed by atoms with Gasteiger partial charge in [0.2, 0.25) is 5.75 Å². The molecular formula is C27H24F3NO5. The van der Waals surface area contributed by atoms with Gasteiger partial charge in [-0.1, -0.05) is 30.4 Å². The first kappa shape index (κ1) is 26.2. The Balaban J connectivity index is 1.72. The lowest BCUT2D eigenvalue weighted by molar-refractivity contribution is -0.274. The average molecular weight is 499 g/mol. The van der Waals surface area contributed by atoms with E-state index in [9.17, 15) is 18.0 Å². The van der Waals surface area contributed by atoms with Crippen LogP contribution in [0, 0.1) is 0 Å². The molecule has 0 heterocycles. The number of alkyl halides is 3. The van der Waals surface area contributed by atoms with E-state index >= 15 is 0 Å². The first-order valence-corrected chi connectivity index (χ1v) is 10.6. The Kier molecular flexibility index (Phi) is 8.61. The quantitative estimate of drug-likeness (QED) is 0.193. The van der Waals surface area contributed by atoms with Gasteiger partial charge in [-0.15, -0.1) is 13.2 Å². The van der Waals surface area contributed by atoms with E-state index < -0.39 is 12.1 Å². The Hall–Kier alpha value is -4.40. The Bertz CT molecular complexity index is 1230. The van der Waals surface area contributed by atoms with Crippen LogP contribution in [0.15, 0.2) is 72.9 Å². The number of ketones is 1. The van der Waals surface area contributed by atoms with Crippen LogP contribution in [0.25, 0.3) is 12.2 Å². The lowest BCUT2D eigenvalue weighted by Gasteiger charge is -2.13. The molecule has 1 N–H and O–H groups in total. The highest BCUT2D eigenvalue weighted by molar-refractivity contribution is 6.04. The van der Waals surface area contributed by atoms with Crippen molar-refractivity contribution in [1.29, 1.82) is 0 Å². The van der Waals surface area contributed by atoms with Crippen molar-refractivity contribution in [2.45, 2.75) is 6.36 Å². The number of benzene rings is 3. The minimum absolute atomic E-state index is 0.221. The molecular weight excluding hydrogens is 475 g/mol. The number of methoxy groups -OCH3 is 3. The van der Waals surface area contributed by atoms with Crippen LogP contribution >= 0.6 is 0 Å². The lowest BCUT2D eigenvalue weighted by Crippen LogP contribution is -2.17. The molecule has 0 bridgehead atoms. The fourth-order valence-electron chi connectivity index (χ4n) is 3.28. The maximum absolute atomic E-state index is 12.4. The molecule has 0 amide bonds. The summed E-state index contributed by atoms with van der Waals surface area (Å²) < 4.78 is 56.8. The third kappa shape index (κ3) is 7.05. The monoisotopic (exact) mass is 499 g/mol.